The Labute approximate surface area is 208 Å². The molecule has 2 N–H and O–H groups in total. The number of pyridine rings is 1. The van der Waals surface area contributed by atoms with Gasteiger partial charge >= 0.3 is 0 Å². The van der Waals surface area contributed by atoms with E-state index in [4.69, 9.17) is 4.74 Å². The highest BCUT2D eigenvalue weighted by molar-refractivity contribution is 14.0. The van der Waals surface area contributed by atoms with Gasteiger partial charge in [0.05, 0.1) is 0 Å². The molecule has 1 fully saturated rings. The van der Waals surface area contributed by atoms with Crippen LogP contribution in [0.5, 0.6) is 5.88 Å². The fourth-order valence-electron chi connectivity index (χ4n) is 3.61. The summed E-state index contributed by atoms with van der Waals surface area (Å²) in [7, 11) is 5.28. The molecule has 174 valence electrons. The van der Waals surface area contributed by atoms with Crippen molar-refractivity contribution in [3.8, 4) is 5.88 Å². The molecule has 1 aliphatic rings. The number of rotatable bonds is 8. The Bertz CT molecular complexity index is 880. The Balaban J connectivity index is 0.00000363. The molecule has 32 heavy (non-hydrogen) atoms. The Morgan fingerprint density at radius 1 is 1.16 bits per heavy atom. The maximum absolute atomic E-state index is 12.1. The van der Waals surface area contributed by atoms with Crippen LogP contribution in [0.15, 0.2) is 47.6 Å². The first-order chi connectivity index (χ1) is 15.0. The van der Waals surface area contributed by atoms with E-state index in [0.29, 0.717) is 30.6 Å². The average molecular weight is 551 g/mol. The molecule has 1 aromatic carbocycles. The van der Waals surface area contributed by atoms with Gasteiger partial charge in [0.1, 0.15) is 6.10 Å². The number of amides is 1. The van der Waals surface area contributed by atoms with E-state index in [9.17, 15) is 4.79 Å². The predicted molar refractivity (Wildman–Crippen MR) is 139 cm³/mol. The van der Waals surface area contributed by atoms with Gasteiger partial charge in [0.15, 0.2) is 5.96 Å². The van der Waals surface area contributed by atoms with Gasteiger partial charge in [0.25, 0.3) is 5.91 Å². The highest BCUT2D eigenvalue weighted by Crippen LogP contribution is 2.22. The Morgan fingerprint density at radius 3 is 2.59 bits per heavy atom. The number of hydrogen-bond donors (Lipinski definition) is 2. The largest absolute Gasteiger partial charge is 0.474 e. The first-order valence-electron chi connectivity index (χ1n) is 10.9. The Hall–Kier alpha value is -2.36. The Kier molecular flexibility index (Phi) is 10.7. The third-order valence-corrected chi connectivity index (χ3v) is 5.36. The fourth-order valence-corrected chi connectivity index (χ4v) is 3.61. The predicted octanol–water partition coefficient (Wildman–Crippen LogP) is 3.63. The quantitative estimate of drug-likeness (QED) is 0.298. The topological polar surface area (TPSA) is 78.9 Å². The molecule has 3 rings (SSSR count). The molecule has 1 saturated carbocycles. The summed E-state index contributed by atoms with van der Waals surface area (Å²) in [4.78, 5) is 22.4. The van der Waals surface area contributed by atoms with Crippen LogP contribution in [0, 0.1) is 0 Å². The van der Waals surface area contributed by atoms with Crippen LogP contribution in [0.3, 0.4) is 0 Å². The summed E-state index contributed by atoms with van der Waals surface area (Å²) in [6.07, 6.45) is 7.71. The lowest BCUT2D eigenvalue weighted by Crippen LogP contribution is -2.37. The minimum Gasteiger partial charge on any atom is -0.474 e. The monoisotopic (exact) mass is 551 g/mol. The van der Waals surface area contributed by atoms with Gasteiger partial charge in [-0.25, -0.2) is 4.98 Å². The molecule has 1 aliphatic carbocycles. The van der Waals surface area contributed by atoms with Crippen LogP contribution < -0.4 is 15.4 Å². The molecule has 0 saturated heterocycles. The van der Waals surface area contributed by atoms with E-state index in [1.807, 2.05) is 42.6 Å². The molecule has 8 heteroatoms. The second-order valence-corrected chi connectivity index (χ2v) is 8.03. The molecular formula is C24H34IN5O2. The maximum Gasteiger partial charge on any atom is 0.253 e. The van der Waals surface area contributed by atoms with Gasteiger partial charge in [0.2, 0.25) is 5.88 Å². The smallest absolute Gasteiger partial charge is 0.253 e. The number of guanidine groups is 1. The standard InChI is InChI=1S/C24H33N5O2.HI/c1-25-24(26-14-13-18-7-6-8-20(15-18)23(30)29(2)3)28-17-19-11-12-22(27-16-19)31-21-9-4-5-10-21;/h6-8,11-12,15-16,21H,4-5,9-10,13-14,17H2,1-3H3,(H2,25,26,28);1H. The molecule has 1 aromatic heterocycles. The van der Waals surface area contributed by atoms with Crippen molar-refractivity contribution < 1.29 is 9.53 Å². The second kappa shape index (κ2) is 13.2. The number of halogens is 1. The first kappa shape index (κ1) is 25.9. The zero-order valence-corrected chi connectivity index (χ0v) is 21.5. The van der Waals surface area contributed by atoms with Gasteiger partial charge in [-0.1, -0.05) is 18.2 Å². The van der Waals surface area contributed by atoms with Crippen molar-refractivity contribution >= 4 is 35.8 Å². The molecule has 1 heterocycles. The van der Waals surface area contributed by atoms with Crippen molar-refractivity contribution in [1.29, 1.82) is 0 Å². The van der Waals surface area contributed by atoms with E-state index in [2.05, 4.69) is 20.6 Å². The van der Waals surface area contributed by atoms with Crippen molar-refractivity contribution in [1.82, 2.24) is 20.5 Å². The molecule has 7 nitrogen and oxygen atoms in total. The number of benzene rings is 1. The third kappa shape index (κ3) is 7.96. The number of aromatic nitrogens is 1. The number of nitrogens with zero attached hydrogens (tertiary/aromatic N) is 3. The summed E-state index contributed by atoms with van der Waals surface area (Å²) >= 11 is 0. The SMILES string of the molecule is CN=C(NCCc1cccc(C(=O)N(C)C)c1)NCc1ccc(OC2CCCC2)nc1.I. The van der Waals surface area contributed by atoms with Crippen molar-refractivity contribution in [2.75, 3.05) is 27.7 Å². The number of hydrogen-bond acceptors (Lipinski definition) is 4. The summed E-state index contributed by atoms with van der Waals surface area (Å²) in [6, 6.07) is 11.7. The van der Waals surface area contributed by atoms with Crippen molar-refractivity contribution in [3.63, 3.8) is 0 Å². The van der Waals surface area contributed by atoms with Gasteiger partial charge in [-0.05, 0) is 55.4 Å². The minimum atomic E-state index is 0. The van der Waals surface area contributed by atoms with Crippen LogP contribution in [-0.2, 0) is 13.0 Å². The van der Waals surface area contributed by atoms with Gasteiger partial charge in [0, 0.05) is 52.1 Å². The lowest BCUT2D eigenvalue weighted by Gasteiger charge is -2.14. The molecule has 0 unspecified atom stereocenters. The molecule has 0 aliphatic heterocycles. The van der Waals surface area contributed by atoms with Gasteiger partial charge in [-0.15, -0.1) is 24.0 Å². The summed E-state index contributed by atoms with van der Waals surface area (Å²) in [6.45, 7) is 1.34. The van der Waals surface area contributed by atoms with Crippen LogP contribution in [0.25, 0.3) is 0 Å². The minimum absolute atomic E-state index is 0. The number of carbonyl (C=O) groups excluding carboxylic acids is 1. The van der Waals surface area contributed by atoms with Crippen molar-refractivity contribution in [2.24, 2.45) is 4.99 Å². The van der Waals surface area contributed by atoms with E-state index < -0.39 is 0 Å². The summed E-state index contributed by atoms with van der Waals surface area (Å²) in [5.41, 5.74) is 2.88. The fraction of sp³-hybridized carbons (Fsp3) is 0.458. The van der Waals surface area contributed by atoms with Crippen molar-refractivity contribution in [3.05, 3.63) is 59.3 Å². The highest BCUT2D eigenvalue weighted by atomic mass is 127. The molecule has 0 radical (unpaired) electrons. The zero-order chi connectivity index (χ0) is 22.1. The normalized spacial score (nSPS) is 13.9. The number of aliphatic imine (C=N–C) groups is 1. The molecule has 0 bridgehead atoms. The number of nitrogens with one attached hydrogen (secondary N) is 2. The summed E-state index contributed by atoms with van der Waals surface area (Å²) in [5, 5.41) is 6.62. The van der Waals surface area contributed by atoms with Crippen LogP contribution in [-0.4, -0.2) is 55.5 Å². The molecule has 0 atom stereocenters. The lowest BCUT2D eigenvalue weighted by atomic mass is 10.1. The van der Waals surface area contributed by atoms with Gasteiger partial charge in [-0.2, -0.15) is 0 Å². The number of ether oxygens (including phenoxy) is 1. The highest BCUT2D eigenvalue weighted by Gasteiger charge is 2.16. The lowest BCUT2D eigenvalue weighted by molar-refractivity contribution is 0.0827. The number of carbonyl (C=O) groups is 1. The van der Waals surface area contributed by atoms with Gasteiger partial charge < -0.3 is 20.3 Å². The first-order valence-corrected chi connectivity index (χ1v) is 10.9. The molecule has 2 aromatic rings. The van der Waals surface area contributed by atoms with E-state index in [-0.39, 0.29) is 29.9 Å². The third-order valence-electron chi connectivity index (χ3n) is 5.36. The summed E-state index contributed by atoms with van der Waals surface area (Å²) in [5.74, 6) is 1.44. The molecular weight excluding hydrogens is 517 g/mol. The van der Waals surface area contributed by atoms with Crippen LogP contribution >= 0.6 is 24.0 Å². The maximum atomic E-state index is 12.1. The van der Waals surface area contributed by atoms with Crippen LogP contribution in [0.2, 0.25) is 0 Å². The van der Waals surface area contributed by atoms with E-state index in [1.54, 1.807) is 26.0 Å². The van der Waals surface area contributed by atoms with Crippen molar-refractivity contribution in [2.45, 2.75) is 44.8 Å². The van der Waals surface area contributed by atoms with Crippen LogP contribution in [0.4, 0.5) is 0 Å². The zero-order valence-electron chi connectivity index (χ0n) is 19.1. The molecule has 1 amide bonds. The average Bonchev–Trinajstić information content (AvgIpc) is 3.29. The van der Waals surface area contributed by atoms with E-state index in [0.717, 1.165) is 36.3 Å². The Morgan fingerprint density at radius 2 is 1.94 bits per heavy atom. The molecule has 0 spiro atoms. The van der Waals surface area contributed by atoms with E-state index >= 15 is 0 Å². The second-order valence-electron chi connectivity index (χ2n) is 8.03. The summed E-state index contributed by atoms with van der Waals surface area (Å²) < 4.78 is 5.92. The van der Waals surface area contributed by atoms with Gasteiger partial charge in [-0.3, -0.25) is 9.79 Å². The van der Waals surface area contributed by atoms with E-state index in [1.165, 1.54) is 12.8 Å². The van der Waals surface area contributed by atoms with Crippen LogP contribution in [0.1, 0.15) is 47.2 Å².